The Labute approximate surface area is 112 Å². The number of nitrogens with two attached hydrogens (primary N) is 1. The molecule has 7 heteroatoms. The summed E-state index contributed by atoms with van der Waals surface area (Å²) in [6.07, 6.45) is 0. The van der Waals surface area contributed by atoms with Crippen LogP contribution in [0.1, 0.15) is 0 Å². The molecule has 0 fully saturated rings. The number of hydrogen-bond acceptors (Lipinski definition) is 5. The zero-order valence-electron chi connectivity index (χ0n) is 10.3. The molecular formula is C12H16N2O4S. The number of sulfone groups is 1. The average Bonchev–Trinajstić information content (AvgIpc) is 2.38. The summed E-state index contributed by atoms with van der Waals surface area (Å²) in [5.41, 5.74) is 6.11. The van der Waals surface area contributed by atoms with Gasteiger partial charge in [-0.25, -0.2) is 8.42 Å². The molecule has 0 aromatic heterocycles. The molecule has 0 saturated carbocycles. The first-order valence-electron chi connectivity index (χ1n) is 5.53. The highest BCUT2D eigenvalue weighted by Crippen LogP contribution is 2.12. The van der Waals surface area contributed by atoms with Gasteiger partial charge in [-0.3, -0.25) is 4.79 Å². The molecule has 0 aliphatic carbocycles. The fourth-order valence-corrected chi connectivity index (χ4v) is 1.73. The second-order valence-corrected chi connectivity index (χ2v) is 5.81. The van der Waals surface area contributed by atoms with Gasteiger partial charge in [-0.15, -0.1) is 0 Å². The van der Waals surface area contributed by atoms with Gasteiger partial charge >= 0.3 is 0 Å². The molecule has 1 aromatic carbocycles. The minimum atomic E-state index is -3.29. The molecule has 0 radical (unpaired) electrons. The lowest BCUT2D eigenvalue weighted by Gasteiger charge is -2.07. The van der Waals surface area contributed by atoms with Crippen molar-refractivity contribution >= 4 is 21.4 Å². The highest BCUT2D eigenvalue weighted by Gasteiger charge is 2.07. The van der Waals surface area contributed by atoms with E-state index >= 15 is 0 Å². The number of hydrogen-bond donors (Lipinski definition) is 2. The average molecular weight is 284 g/mol. The third kappa shape index (κ3) is 5.91. The number of benzene rings is 1. The molecule has 0 atom stereocenters. The zero-order chi connectivity index (χ0) is 14.3. The van der Waals surface area contributed by atoms with Crippen molar-refractivity contribution in [1.82, 2.24) is 5.32 Å². The number of carbonyl (C=O) groups excluding carboxylic acids is 1. The van der Waals surface area contributed by atoms with Gasteiger partial charge in [0.05, 0.1) is 5.75 Å². The van der Waals surface area contributed by atoms with Gasteiger partial charge in [0.25, 0.3) is 5.91 Å². The quantitative estimate of drug-likeness (QED) is 0.703. The highest BCUT2D eigenvalue weighted by atomic mass is 32.2. The molecule has 0 heterocycles. The maximum Gasteiger partial charge on any atom is 0.257 e. The monoisotopic (exact) mass is 284 g/mol. The van der Waals surface area contributed by atoms with Crippen LogP contribution in [0.25, 0.3) is 0 Å². The molecule has 0 aliphatic rings. The lowest BCUT2D eigenvalue weighted by Crippen LogP contribution is -2.32. The van der Waals surface area contributed by atoms with E-state index in [0.717, 1.165) is 5.41 Å². The Morgan fingerprint density at radius 1 is 1.37 bits per heavy atom. The Balaban J connectivity index is 2.28. The van der Waals surface area contributed by atoms with E-state index in [-0.39, 0.29) is 18.9 Å². The van der Waals surface area contributed by atoms with Crippen LogP contribution >= 0.6 is 0 Å². The van der Waals surface area contributed by atoms with Crippen molar-refractivity contribution < 1.29 is 17.9 Å². The van der Waals surface area contributed by atoms with Crippen LogP contribution in [0.4, 0.5) is 5.69 Å². The van der Waals surface area contributed by atoms with Crippen LogP contribution in [0, 0.1) is 0 Å². The van der Waals surface area contributed by atoms with E-state index in [4.69, 9.17) is 10.5 Å². The smallest absolute Gasteiger partial charge is 0.257 e. The van der Waals surface area contributed by atoms with Crippen molar-refractivity contribution in [3.05, 3.63) is 36.3 Å². The Kier molecular flexibility index (Phi) is 5.37. The molecular weight excluding hydrogens is 268 g/mol. The lowest BCUT2D eigenvalue weighted by molar-refractivity contribution is -0.122. The molecule has 19 heavy (non-hydrogen) atoms. The molecule has 0 unspecified atom stereocenters. The summed E-state index contributed by atoms with van der Waals surface area (Å²) in [6, 6.07) is 6.60. The summed E-state index contributed by atoms with van der Waals surface area (Å²) in [4.78, 5) is 11.4. The van der Waals surface area contributed by atoms with Gasteiger partial charge in [0.1, 0.15) is 5.75 Å². The Hall–Kier alpha value is -2.02. The first kappa shape index (κ1) is 15.0. The van der Waals surface area contributed by atoms with E-state index in [1.807, 2.05) is 0 Å². The van der Waals surface area contributed by atoms with E-state index in [0.29, 0.717) is 11.4 Å². The molecule has 0 aliphatic heterocycles. The predicted molar refractivity (Wildman–Crippen MR) is 73.3 cm³/mol. The SMILES string of the molecule is C=CS(=O)(=O)CCNC(=O)COc1ccc(N)cc1. The lowest BCUT2D eigenvalue weighted by atomic mass is 10.3. The summed E-state index contributed by atoms with van der Waals surface area (Å²) in [7, 11) is -3.29. The topological polar surface area (TPSA) is 98.5 Å². The zero-order valence-corrected chi connectivity index (χ0v) is 11.2. The molecule has 0 saturated heterocycles. The number of nitrogens with one attached hydrogen (secondary N) is 1. The van der Waals surface area contributed by atoms with Crippen LogP contribution in [-0.4, -0.2) is 33.2 Å². The van der Waals surface area contributed by atoms with Gasteiger partial charge in [0, 0.05) is 17.6 Å². The number of ether oxygens (including phenoxy) is 1. The van der Waals surface area contributed by atoms with Gasteiger partial charge < -0.3 is 15.8 Å². The first-order valence-corrected chi connectivity index (χ1v) is 7.25. The van der Waals surface area contributed by atoms with Crippen molar-refractivity contribution in [2.45, 2.75) is 0 Å². The van der Waals surface area contributed by atoms with Gasteiger partial charge in [-0.2, -0.15) is 0 Å². The third-order valence-corrected chi connectivity index (χ3v) is 3.49. The Morgan fingerprint density at radius 2 is 2.00 bits per heavy atom. The van der Waals surface area contributed by atoms with Crippen LogP contribution in [-0.2, 0) is 14.6 Å². The van der Waals surface area contributed by atoms with E-state index < -0.39 is 15.7 Å². The summed E-state index contributed by atoms with van der Waals surface area (Å²) in [5.74, 6) is -0.0523. The minimum Gasteiger partial charge on any atom is -0.484 e. The Bertz CT molecular complexity index is 537. The Morgan fingerprint density at radius 3 is 2.58 bits per heavy atom. The van der Waals surface area contributed by atoms with Gasteiger partial charge in [-0.1, -0.05) is 6.58 Å². The summed E-state index contributed by atoms with van der Waals surface area (Å²) in [6.45, 7) is 3.02. The molecule has 0 bridgehead atoms. The molecule has 1 amide bonds. The van der Waals surface area contributed by atoms with E-state index in [1.54, 1.807) is 24.3 Å². The van der Waals surface area contributed by atoms with E-state index in [1.165, 1.54) is 0 Å². The first-order chi connectivity index (χ1) is 8.93. The van der Waals surface area contributed by atoms with Crippen molar-refractivity contribution in [2.75, 3.05) is 24.6 Å². The molecule has 3 N–H and O–H groups in total. The standard InChI is InChI=1S/C12H16N2O4S/c1-2-19(16,17)8-7-14-12(15)9-18-11-5-3-10(13)4-6-11/h2-6H,1,7-9,13H2,(H,14,15). The van der Waals surface area contributed by atoms with Crippen molar-refractivity contribution in [1.29, 1.82) is 0 Å². The molecule has 1 rings (SSSR count). The predicted octanol–water partition coefficient (Wildman–Crippen LogP) is 0.322. The third-order valence-electron chi connectivity index (χ3n) is 2.21. The number of nitrogen functional groups attached to an aromatic ring is 1. The van der Waals surface area contributed by atoms with Crippen LogP contribution < -0.4 is 15.8 Å². The summed E-state index contributed by atoms with van der Waals surface area (Å²) < 4.78 is 27.4. The van der Waals surface area contributed by atoms with E-state index in [2.05, 4.69) is 11.9 Å². The molecule has 104 valence electrons. The van der Waals surface area contributed by atoms with Crippen LogP contribution in [0.15, 0.2) is 36.3 Å². The minimum absolute atomic E-state index is 0.0261. The van der Waals surface area contributed by atoms with Crippen molar-refractivity contribution in [3.8, 4) is 5.75 Å². The molecule has 6 nitrogen and oxygen atoms in total. The van der Waals surface area contributed by atoms with Crippen LogP contribution in [0.5, 0.6) is 5.75 Å². The maximum absolute atomic E-state index is 11.4. The summed E-state index contributed by atoms with van der Waals surface area (Å²) >= 11 is 0. The normalized spacial score (nSPS) is 10.7. The van der Waals surface area contributed by atoms with Crippen molar-refractivity contribution in [3.63, 3.8) is 0 Å². The number of anilines is 1. The number of amides is 1. The molecule has 0 spiro atoms. The summed E-state index contributed by atoms with van der Waals surface area (Å²) in [5, 5.41) is 3.30. The van der Waals surface area contributed by atoms with Gasteiger partial charge in [0.15, 0.2) is 16.4 Å². The van der Waals surface area contributed by atoms with Crippen molar-refractivity contribution in [2.24, 2.45) is 0 Å². The number of carbonyl (C=O) groups is 1. The largest absolute Gasteiger partial charge is 0.484 e. The second-order valence-electron chi connectivity index (χ2n) is 3.74. The number of rotatable bonds is 7. The highest BCUT2D eigenvalue weighted by molar-refractivity contribution is 7.94. The van der Waals surface area contributed by atoms with Gasteiger partial charge in [-0.05, 0) is 24.3 Å². The molecule has 1 aromatic rings. The van der Waals surface area contributed by atoms with Crippen LogP contribution in [0.3, 0.4) is 0 Å². The maximum atomic E-state index is 11.4. The second kappa shape index (κ2) is 6.79. The van der Waals surface area contributed by atoms with Crippen LogP contribution in [0.2, 0.25) is 0 Å². The van der Waals surface area contributed by atoms with E-state index in [9.17, 15) is 13.2 Å². The fraction of sp³-hybridized carbons (Fsp3) is 0.250. The van der Waals surface area contributed by atoms with Gasteiger partial charge in [0.2, 0.25) is 0 Å². The fourth-order valence-electron chi connectivity index (χ4n) is 1.18.